The van der Waals surface area contributed by atoms with Crippen molar-refractivity contribution < 1.29 is 8.42 Å². The van der Waals surface area contributed by atoms with Gasteiger partial charge < -0.3 is 0 Å². The van der Waals surface area contributed by atoms with Crippen LogP contribution in [0.2, 0.25) is 5.02 Å². The zero-order chi connectivity index (χ0) is 13.3. The molecule has 1 atom stereocenters. The Hall–Kier alpha value is -0.360. The Bertz CT molecular complexity index is 647. The lowest BCUT2D eigenvalue weighted by Crippen LogP contribution is -1.98. The van der Waals surface area contributed by atoms with E-state index in [2.05, 4.69) is 15.9 Å². The van der Waals surface area contributed by atoms with E-state index >= 15 is 0 Å². The zero-order valence-electron chi connectivity index (χ0n) is 9.43. The van der Waals surface area contributed by atoms with Crippen LogP contribution in [0, 0.1) is 0 Å². The minimum Gasteiger partial charge on any atom is -0.224 e. The Morgan fingerprint density at radius 2 is 1.83 bits per heavy atom. The van der Waals surface area contributed by atoms with Gasteiger partial charge in [-0.15, -0.1) is 11.3 Å². The van der Waals surface area contributed by atoms with Gasteiger partial charge in [0, 0.05) is 11.1 Å². The van der Waals surface area contributed by atoms with E-state index in [1.54, 1.807) is 35.6 Å². The molecule has 2 rings (SSSR count). The number of alkyl halides is 1. The topological polar surface area (TPSA) is 34.1 Å². The molecule has 0 radical (unpaired) electrons. The second kappa shape index (κ2) is 5.33. The lowest BCUT2D eigenvalue weighted by molar-refractivity contribution is 0.602. The number of thiophene rings is 1. The zero-order valence-corrected chi connectivity index (χ0v) is 13.4. The third-order valence-electron chi connectivity index (χ3n) is 2.48. The monoisotopic (exact) mass is 364 g/mol. The largest absolute Gasteiger partial charge is 0.224 e. The van der Waals surface area contributed by atoms with E-state index in [4.69, 9.17) is 11.6 Å². The van der Waals surface area contributed by atoms with Gasteiger partial charge in [-0.25, -0.2) is 8.42 Å². The molecule has 96 valence electrons. The van der Waals surface area contributed by atoms with Crippen molar-refractivity contribution in [2.24, 2.45) is 0 Å². The van der Waals surface area contributed by atoms with Crippen LogP contribution in [0.4, 0.5) is 0 Å². The second-order valence-corrected chi connectivity index (χ2v) is 8.12. The molecule has 1 unspecified atom stereocenters. The van der Waals surface area contributed by atoms with Crippen LogP contribution in [-0.4, -0.2) is 14.7 Å². The molecule has 6 heteroatoms. The minimum absolute atomic E-state index is 0.0152. The van der Waals surface area contributed by atoms with E-state index in [1.165, 1.54) is 6.26 Å². The Balaban J connectivity index is 2.33. The molecule has 2 nitrogen and oxygen atoms in total. The van der Waals surface area contributed by atoms with Gasteiger partial charge in [-0.05, 0) is 29.1 Å². The molecule has 1 aromatic carbocycles. The SMILES string of the molecule is CS(=O)(=O)c1ccc(C(Br)c2sccc2Cl)cc1. The van der Waals surface area contributed by atoms with E-state index in [9.17, 15) is 8.42 Å². The molecule has 0 aliphatic heterocycles. The van der Waals surface area contributed by atoms with Gasteiger partial charge in [0.05, 0.1) is 14.7 Å². The summed E-state index contributed by atoms with van der Waals surface area (Å²) < 4.78 is 22.7. The molecular weight excluding hydrogens is 356 g/mol. The summed E-state index contributed by atoms with van der Waals surface area (Å²) in [5.41, 5.74) is 0.978. The van der Waals surface area contributed by atoms with Crippen LogP contribution in [0.15, 0.2) is 40.6 Å². The number of sulfone groups is 1. The average Bonchev–Trinajstić information content (AvgIpc) is 2.73. The van der Waals surface area contributed by atoms with Crippen LogP contribution in [-0.2, 0) is 9.84 Å². The fourth-order valence-electron chi connectivity index (χ4n) is 1.52. The molecule has 0 N–H and O–H groups in total. The molecule has 0 aliphatic carbocycles. The van der Waals surface area contributed by atoms with Gasteiger partial charge in [-0.3, -0.25) is 0 Å². The van der Waals surface area contributed by atoms with E-state index < -0.39 is 9.84 Å². The number of halogens is 2. The van der Waals surface area contributed by atoms with Crippen LogP contribution in [0.1, 0.15) is 15.3 Å². The number of hydrogen-bond acceptors (Lipinski definition) is 3. The highest BCUT2D eigenvalue weighted by Gasteiger charge is 2.16. The van der Waals surface area contributed by atoms with Crippen LogP contribution in [0.5, 0.6) is 0 Å². The second-order valence-electron chi connectivity index (χ2n) is 3.84. The first-order valence-corrected chi connectivity index (χ1v) is 9.13. The smallest absolute Gasteiger partial charge is 0.175 e. The fraction of sp³-hybridized carbons (Fsp3) is 0.167. The lowest BCUT2D eigenvalue weighted by Gasteiger charge is -2.09. The molecule has 1 heterocycles. The summed E-state index contributed by atoms with van der Waals surface area (Å²) in [6.45, 7) is 0. The van der Waals surface area contributed by atoms with Gasteiger partial charge in [0.2, 0.25) is 0 Å². The van der Waals surface area contributed by atoms with E-state index in [0.29, 0.717) is 9.92 Å². The summed E-state index contributed by atoms with van der Waals surface area (Å²) in [5.74, 6) is 0. The Labute approximate surface area is 124 Å². The third-order valence-corrected chi connectivity index (χ3v) is 6.32. The number of benzene rings is 1. The molecule has 1 aromatic heterocycles. The summed E-state index contributed by atoms with van der Waals surface area (Å²) in [6, 6.07) is 8.67. The van der Waals surface area contributed by atoms with Gasteiger partial charge in [0.15, 0.2) is 9.84 Å². The van der Waals surface area contributed by atoms with Crippen molar-refractivity contribution >= 4 is 48.7 Å². The molecule has 0 bridgehead atoms. The Morgan fingerprint density at radius 1 is 1.22 bits per heavy atom. The summed E-state index contributed by atoms with van der Waals surface area (Å²) in [7, 11) is -3.15. The quantitative estimate of drug-likeness (QED) is 0.760. The number of hydrogen-bond donors (Lipinski definition) is 0. The Kier molecular flexibility index (Phi) is 4.16. The summed E-state index contributed by atoms with van der Waals surface area (Å²) in [6.07, 6.45) is 1.20. The first-order valence-electron chi connectivity index (χ1n) is 5.06. The lowest BCUT2D eigenvalue weighted by atomic mass is 10.1. The van der Waals surface area contributed by atoms with Crippen LogP contribution in [0.3, 0.4) is 0 Å². The predicted molar refractivity (Wildman–Crippen MR) is 79.7 cm³/mol. The van der Waals surface area contributed by atoms with Crippen molar-refractivity contribution in [3.63, 3.8) is 0 Å². The van der Waals surface area contributed by atoms with Crippen molar-refractivity contribution in [3.05, 3.63) is 51.2 Å². The van der Waals surface area contributed by atoms with Gasteiger partial charge in [0.1, 0.15) is 0 Å². The molecule has 0 fully saturated rings. The van der Waals surface area contributed by atoms with Crippen LogP contribution in [0.25, 0.3) is 0 Å². The van der Waals surface area contributed by atoms with Gasteiger partial charge in [-0.2, -0.15) is 0 Å². The van der Waals surface area contributed by atoms with Crippen molar-refractivity contribution in [1.29, 1.82) is 0 Å². The third kappa shape index (κ3) is 2.96. The fourth-order valence-corrected chi connectivity index (χ4v) is 4.33. The highest BCUT2D eigenvalue weighted by molar-refractivity contribution is 9.09. The molecule has 2 aromatic rings. The maximum Gasteiger partial charge on any atom is 0.175 e. The Morgan fingerprint density at radius 3 is 2.28 bits per heavy atom. The van der Waals surface area contributed by atoms with Crippen molar-refractivity contribution in [2.75, 3.05) is 6.26 Å². The van der Waals surface area contributed by atoms with Crippen LogP contribution < -0.4 is 0 Å². The minimum atomic E-state index is -3.15. The molecule has 0 saturated carbocycles. The molecule has 0 amide bonds. The predicted octanol–water partition coefficient (Wildman–Crippen LogP) is 4.29. The highest BCUT2D eigenvalue weighted by atomic mass is 79.9. The van der Waals surface area contributed by atoms with Crippen molar-refractivity contribution in [2.45, 2.75) is 9.72 Å². The molecule has 0 aliphatic rings. The molecular formula is C12H10BrClO2S2. The molecule has 18 heavy (non-hydrogen) atoms. The van der Waals surface area contributed by atoms with Gasteiger partial charge >= 0.3 is 0 Å². The first-order chi connectivity index (χ1) is 8.39. The van der Waals surface area contributed by atoms with Crippen LogP contribution >= 0.6 is 38.9 Å². The summed E-state index contributed by atoms with van der Waals surface area (Å²) in [5, 5.41) is 2.64. The van der Waals surface area contributed by atoms with Crippen molar-refractivity contribution in [3.8, 4) is 0 Å². The molecule has 0 spiro atoms. The highest BCUT2D eigenvalue weighted by Crippen LogP contribution is 2.38. The van der Waals surface area contributed by atoms with E-state index in [-0.39, 0.29) is 4.83 Å². The standard InChI is InChI=1S/C12H10BrClO2S2/c1-18(15,16)9-4-2-8(3-5-9)11(13)12-10(14)6-7-17-12/h2-7,11H,1H3. The summed E-state index contributed by atoms with van der Waals surface area (Å²) in [4.78, 5) is 1.32. The first kappa shape index (κ1) is 14.1. The molecule has 0 saturated heterocycles. The van der Waals surface area contributed by atoms with E-state index in [1.807, 2.05) is 11.4 Å². The van der Waals surface area contributed by atoms with Crippen molar-refractivity contribution in [1.82, 2.24) is 0 Å². The summed E-state index contributed by atoms with van der Waals surface area (Å²) >= 11 is 11.2. The van der Waals surface area contributed by atoms with E-state index in [0.717, 1.165) is 10.4 Å². The van der Waals surface area contributed by atoms with Gasteiger partial charge in [0.25, 0.3) is 0 Å². The number of rotatable bonds is 3. The average molecular weight is 366 g/mol. The maximum atomic E-state index is 11.4. The normalized spacial score (nSPS) is 13.5. The van der Waals surface area contributed by atoms with Gasteiger partial charge in [-0.1, -0.05) is 39.7 Å². The maximum absolute atomic E-state index is 11.4.